The summed E-state index contributed by atoms with van der Waals surface area (Å²) in [5, 5.41) is 12.0. The molecule has 0 saturated carbocycles. The molecule has 0 bridgehead atoms. The Bertz CT molecular complexity index is 1410. The molecule has 3 aromatic carbocycles. The molecule has 0 aliphatic heterocycles. The van der Waals surface area contributed by atoms with Crippen LogP contribution in [0.3, 0.4) is 0 Å². The lowest BCUT2D eigenvalue weighted by Gasteiger charge is -2.10. The molecule has 1 aromatic heterocycles. The molecule has 0 radical (unpaired) electrons. The van der Waals surface area contributed by atoms with Crippen molar-refractivity contribution in [2.24, 2.45) is 0 Å². The third-order valence-electron chi connectivity index (χ3n) is 5.13. The quantitative estimate of drug-likeness (QED) is 0.372. The highest BCUT2D eigenvalue weighted by molar-refractivity contribution is 6.18. The van der Waals surface area contributed by atoms with Crippen LogP contribution in [0.15, 0.2) is 73.3 Å². The molecule has 0 unspecified atom stereocenters. The first-order valence-electron chi connectivity index (χ1n) is 10.0. The Morgan fingerprint density at radius 2 is 1.79 bits per heavy atom. The zero-order valence-electron chi connectivity index (χ0n) is 17.7. The van der Waals surface area contributed by atoms with Crippen molar-refractivity contribution in [3.63, 3.8) is 0 Å². The standard InChI is InChI=1S/C25H20N4O4/c1-3-15-7-6-8-17(13-15)26-23(31)19-10-5-4-9-18(19)22(30)16-11-12-20-21(14-16)28-24(27-20)29(2)25(32)33/h3-14H,1H2,2H3,(H,26,31)(H,27,28)(H,32,33). The number of rotatable bonds is 6. The van der Waals surface area contributed by atoms with Crippen LogP contribution < -0.4 is 10.2 Å². The third-order valence-corrected chi connectivity index (χ3v) is 5.13. The highest BCUT2D eigenvalue weighted by Gasteiger charge is 2.20. The summed E-state index contributed by atoms with van der Waals surface area (Å²) in [6, 6.07) is 18.6. The van der Waals surface area contributed by atoms with Crippen LogP contribution in [0.2, 0.25) is 0 Å². The Balaban J connectivity index is 1.65. The Morgan fingerprint density at radius 3 is 2.52 bits per heavy atom. The molecule has 0 fully saturated rings. The van der Waals surface area contributed by atoms with E-state index in [9.17, 15) is 14.4 Å². The zero-order valence-corrected chi connectivity index (χ0v) is 17.7. The number of hydrogen-bond donors (Lipinski definition) is 3. The van der Waals surface area contributed by atoms with Gasteiger partial charge in [-0.3, -0.25) is 14.5 Å². The van der Waals surface area contributed by atoms with E-state index in [2.05, 4.69) is 21.9 Å². The number of nitrogens with one attached hydrogen (secondary N) is 2. The Morgan fingerprint density at radius 1 is 1.03 bits per heavy atom. The van der Waals surface area contributed by atoms with Gasteiger partial charge in [-0.1, -0.05) is 43.0 Å². The van der Waals surface area contributed by atoms with Gasteiger partial charge in [-0.15, -0.1) is 0 Å². The molecular weight excluding hydrogens is 420 g/mol. The number of carbonyl (C=O) groups is 3. The van der Waals surface area contributed by atoms with Gasteiger partial charge in [0.2, 0.25) is 5.95 Å². The first kappa shape index (κ1) is 21.5. The summed E-state index contributed by atoms with van der Waals surface area (Å²) >= 11 is 0. The predicted octanol–water partition coefficient (Wildman–Crippen LogP) is 4.80. The summed E-state index contributed by atoms with van der Waals surface area (Å²) in [4.78, 5) is 45.5. The number of imidazole rings is 1. The molecule has 33 heavy (non-hydrogen) atoms. The van der Waals surface area contributed by atoms with Gasteiger partial charge in [-0.05, 0) is 42.0 Å². The van der Waals surface area contributed by atoms with Gasteiger partial charge in [0.25, 0.3) is 5.91 Å². The molecule has 1 heterocycles. The zero-order chi connectivity index (χ0) is 23.5. The maximum absolute atomic E-state index is 13.3. The molecule has 0 spiro atoms. The monoisotopic (exact) mass is 440 g/mol. The van der Waals surface area contributed by atoms with Gasteiger partial charge in [0, 0.05) is 23.9 Å². The van der Waals surface area contributed by atoms with Gasteiger partial charge in [-0.2, -0.15) is 0 Å². The molecule has 0 atom stereocenters. The third kappa shape index (κ3) is 4.35. The molecule has 8 nitrogen and oxygen atoms in total. The van der Waals surface area contributed by atoms with Crippen molar-refractivity contribution < 1.29 is 19.5 Å². The molecule has 4 rings (SSSR count). The van der Waals surface area contributed by atoms with Crippen LogP contribution in [-0.4, -0.2) is 39.9 Å². The van der Waals surface area contributed by atoms with Crippen molar-refractivity contribution in [2.75, 3.05) is 17.3 Å². The first-order valence-corrected chi connectivity index (χ1v) is 10.0. The number of carbonyl (C=O) groups excluding carboxylic acids is 2. The van der Waals surface area contributed by atoms with E-state index < -0.39 is 12.0 Å². The van der Waals surface area contributed by atoms with E-state index in [0.29, 0.717) is 22.3 Å². The molecule has 0 saturated heterocycles. The van der Waals surface area contributed by atoms with E-state index in [4.69, 9.17) is 5.11 Å². The SMILES string of the molecule is C=Cc1cccc(NC(=O)c2ccccc2C(=O)c2ccc3nc(N(C)C(=O)O)[nH]c3c2)c1. The molecule has 8 heteroatoms. The number of aromatic nitrogens is 2. The molecule has 0 aliphatic carbocycles. The minimum atomic E-state index is -1.16. The number of anilines is 2. The number of hydrogen-bond acceptors (Lipinski definition) is 4. The van der Waals surface area contributed by atoms with E-state index >= 15 is 0 Å². The molecule has 0 aliphatic rings. The minimum Gasteiger partial charge on any atom is -0.465 e. The number of fused-ring (bicyclic) bond motifs is 1. The number of H-pyrrole nitrogens is 1. The Kier molecular flexibility index (Phi) is 5.73. The number of aromatic amines is 1. The highest BCUT2D eigenvalue weighted by Crippen LogP contribution is 2.22. The number of benzene rings is 3. The normalized spacial score (nSPS) is 10.6. The van der Waals surface area contributed by atoms with Crippen molar-refractivity contribution in [2.45, 2.75) is 0 Å². The van der Waals surface area contributed by atoms with Crippen molar-refractivity contribution in [3.05, 3.63) is 95.6 Å². The maximum atomic E-state index is 13.3. The van der Waals surface area contributed by atoms with Gasteiger partial charge in [0.05, 0.1) is 16.6 Å². The fourth-order valence-corrected chi connectivity index (χ4v) is 3.36. The number of amides is 2. The highest BCUT2D eigenvalue weighted by atomic mass is 16.4. The maximum Gasteiger partial charge on any atom is 0.413 e. The molecule has 3 N–H and O–H groups in total. The largest absolute Gasteiger partial charge is 0.465 e. The van der Waals surface area contributed by atoms with Crippen molar-refractivity contribution in [1.29, 1.82) is 0 Å². The molecule has 164 valence electrons. The van der Waals surface area contributed by atoms with Crippen LogP contribution in [0, 0.1) is 0 Å². The average Bonchev–Trinajstić information content (AvgIpc) is 3.26. The number of nitrogens with zero attached hydrogens (tertiary/aromatic N) is 2. The van der Waals surface area contributed by atoms with E-state index in [-0.39, 0.29) is 22.9 Å². The van der Waals surface area contributed by atoms with Crippen LogP contribution in [0.5, 0.6) is 0 Å². The van der Waals surface area contributed by atoms with E-state index in [0.717, 1.165) is 10.5 Å². The first-order chi connectivity index (χ1) is 15.9. The lowest BCUT2D eigenvalue weighted by atomic mass is 9.97. The van der Waals surface area contributed by atoms with Gasteiger partial charge >= 0.3 is 6.09 Å². The van der Waals surface area contributed by atoms with E-state index in [1.807, 2.05) is 6.07 Å². The van der Waals surface area contributed by atoms with Crippen LogP contribution in [0.1, 0.15) is 31.8 Å². The van der Waals surface area contributed by atoms with Crippen LogP contribution in [-0.2, 0) is 0 Å². The minimum absolute atomic E-state index is 0.142. The van der Waals surface area contributed by atoms with Crippen LogP contribution in [0.4, 0.5) is 16.4 Å². The van der Waals surface area contributed by atoms with Crippen molar-refractivity contribution in [3.8, 4) is 0 Å². The van der Waals surface area contributed by atoms with Gasteiger partial charge < -0.3 is 15.4 Å². The smallest absolute Gasteiger partial charge is 0.413 e. The second-order valence-corrected chi connectivity index (χ2v) is 7.29. The second-order valence-electron chi connectivity index (χ2n) is 7.29. The average molecular weight is 440 g/mol. The van der Waals surface area contributed by atoms with E-state index in [1.165, 1.54) is 7.05 Å². The van der Waals surface area contributed by atoms with Crippen molar-refractivity contribution >= 4 is 46.5 Å². The fourth-order valence-electron chi connectivity index (χ4n) is 3.36. The molecular formula is C25H20N4O4. The second kappa shape index (κ2) is 8.80. The summed E-state index contributed by atoms with van der Waals surface area (Å²) in [5.41, 5.74) is 3.30. The Hall–Kier alpha value is -4.72. The van der Waals surface area contributed by atoms with Gasteiger partial charge in [0.15, 0.2) is 5.78 Å². The van der Waals surface area contributed by atoms with Crippen LogP contribution >= 0.6 is 0 Å². The summed E-state index contributed by atoms with van der Waals surface area (Å²) in [7, 11) is 1.37. The summed E-state index contributed by atoms with van der Waals surface area (Å²) in [6.07, 6.45) is 0.516. The topological polar surface area (TPSA) is 115 Å². The van der Waals surface area contributed by atoms with E-state index in [1.54, 1.807) is 66.7 Å². The van der Waals surface area contributed by atoms with Crippen molar-refractivity contribution in [1.82, 2.24) is 9.97 Å². The lowest BCUT2D eigenvalue weighted by molar-refractivity contribution is 0.0996. The summed E-state index contributed by atoms with van der Waals surface area (Å²) in [6.45, 7) is 3.73. The Labute approximate surface area is 189 Å². The van der Waals surface area contributed by atoms with Crippen LogP contribution in [0.25, 0.3) is 17.1 Å². The summed E-state index contributed by atoms with van der Waals surface area (Å²) < 4.78 is 0. The predicted molar refractivity (Wildman–Crippen MR) is 127 cm³/mol. The summed E-state index contributed by atoms with van der Waals surface area (Å²) in [5.74, 6) is -0.609. The number of ketones is 1. The van der Waals surface area contributed by atoms with Gasteiger partial charge in [0.1, 0.15) is 0 Å². The molecule has 4 aromatic rings. The number of carboxylic acid groups (broad SMARTS) is 1. The van der Waals surface area contributed by atoms with Gasteiger partial charge in [-0.25, -0.2) is 9.78 Å². The lowest BCUT2D eigenvalue weighted by Crippen LogP contribution is -2.24. The molecule has 2 amide bonds. The fraction of sp³-hybridized carbons (Fsp3) is 0.0400.